The number of ether oxygens (including phenoxy) is 3. The van der Waals surface area contributed by atoms with E-state index in [4.69, 9.17) is 19.9 Å². The van der Waals surface area contributed by atoms with Crippen LogP contribution in [0, 0.1) is 6.92 Å². The van der Waals surface area contributed by atoms with Crippen molar-refractivity contribution in [3.8, 4) is 5.75 Å². The molecule has 6 nitrogen and oxygen atoms in total. The molecule has 0 fully saturated rings. The van der Waals surface area contributed by atoms with Gasteiger partial charge in [0.05, 0.1) is 17.9 Å². The summed E-state index contributed by atoms with van der Waals surface area (Å²) in [6.07, 6.45) is 0. The van der Waals surface area contributed by atoms with Gasteiger partial charge in [-0.3, -0.25) is 0 Å². The Morgan fingerprint density at radius 2 is 1.86 bits per heavy atom. The number of esters is 2. The van der Waals surface area contributed by atoms with E-state index in [0.29, 0.717) is 0 Å². The van der Waals surface area contributed by atoms with Crippen LogP contribution in [0.2, 0.25) is 0 Å². The first-order valence-corrected chi connectivity index (χ1v) is 7.06. The first kappa shape index (κ1) is 17.8. The van der Waals surface area contributed by atoms with Gasteiger partial charge in [0.1, 0.15) is 11.4 Å². The van der Waals surface area contributed by atoms with Crippen LogP contribution in [0.3, 0.4) is 0 Å². The third kappa shape index (κ3) is 5.27. The van der Waals surface area contributed by atoms with Crippen LogP contribution in [-0.4, -0.2) is 30.8 Å². The second-order valence-corrected chi connectivity index (χ2v) is 5.82. The maximum Gasteiger partial charge on any atom is 0.344 e. The van der Waals surface area contributed by atoms with Gasteiger partial charge >= 0.3 is 11.9 Å². The van der Waals surface area contributed by atoms with Crippen LogP contribution < -0.4 is 10.5 Å². The number of carbonyl (C=O) groups is 2. The molecular weight excluding hydrogens is 286 g/mol. The fourth-order valence-corrected chi connectivity index (χ4v) is 1.73. The van der Waals surface area contributed by atoms with Gasteiger partial charge in [0.2, 0.25) is 0 Å². The molecule has 0 aliphatic rings. The Morgan fingerprint density at radius 3 is 2.41 bits per heavy atom. The Hall–Kier alpha value is -2.24. The Morgan fingerprint density at radius 1 is 1.23 bits per heavy atom. The second-order valence-electron chi connectivity index (χ2n) is 5.82. The molecule has 6 heteroatoms. The monoisotopic (exact) mass is 309 g/mol. The molecule has 0 heterocycles. The molecule has 0 saturated heterocycles. The summed E-state index contributed by atoms with van der Waals surface area (Å²) in [5.74, 6) is -0.772. The summed E-state index contributed by atoms with van der Waals surface area (Å²) in [4.78, 5) is 23.5. The SMILES string of the molecule is CCOC(=O)COc1cc(C)cc(C(=O)OC(C)(C)C)c1N. The molecule has 0 radical (unpaired) electrons. The van der Waals surface area contributed by atoms with Gasteiger partial charge in [-0.1, -0.05) is 0 Å². The molecule has 1 aromatic rings. The molecule has 0 spiro atoms. The summed E-state index contributed by atoms with van der Waals surface area (Å²) in [6.45, 7) is 8.83. The minimum atomic E-state index is -0.626. The molecule has 0 amide bonds. The Kier molecular flexibility index (Phi) is 5.79. The van der Waals surface area contributed by atoms with Gasteiger partial charge in [0.15, 0.2) is 6.61 Å². The summed E-state index contributed by atoms with van der Waals surface area (Å²) in [7, 11) is 0. The largest absolute Gasteiger partial charge is 0.480 e. The van der Waals surface area contributed by atoms with Crippen molar-refractivity contribution in [1.82, 2.24) is 0 Å². The quantitative estimate of drug-likeness (QED) is 0.664. The number of nitrogens with two attached hydrogens (primary N) is 1. The van der Waals surface area contributed by atoms with Crippen molar-refractivity contribution in [3.63, 3.8) is 0 Å². The van der Waals surface area contributed by atoms with E-state index in [-0.39, 0.29) is 30.2 Å². The average Bonchev–Trinajstić information content (AvgIpc) is 2.37. The second kappa shape index (κ2) is 7.15. The lowest BCUT2D eigenvalue weighted by Gasteiger charge is -2.21. The number of nitrogen functional groups attached to an aromatic ring is 1. The summed E-state index contributed by atoms with van der Waals surface area (Å²) in [5.41, 5.74) is 6.46. The predicted octanol–water partition coefficient (Wildman–Crippen LogP) is 2.47. The van der Waals surface area contributed by atoms with Crippen LogP contribution >= 0.6 is 0 Å². The van der Waals surface area contributed by atoms with E-state index in [9.17, 15) is 9.59 Å². The van der Waals surface area contributed by atoms with E-state index in [1.54, 1.807) is 46.8 Å². The summed E-state index contributed by atoms with van der Waals surface area (Å²) < 4.78 is 15.4. The fraction of sp³-hybridized carbons (Fsp3) is 0.500. The zero-order valence-corrected chi connectivity index (χ0v) is 13.7. The molecule has 122 valence electrons. The number of anilines is 1. The molecule has 0 aromatic heterocycles. The highest BCUT2D eigenvalue weighted by Crippen LogP contribution is 2.29. The Balaban J connectivity index is 2.97. The van der Waals surface area contributed by atoms with Crippen molar-refractivity contribution >= 4 is 17.6 Å². The molecule has 0 saturated carbocycles. The number of hydrogen-bond donors (Lipinski definition) is 1. The molecule has 0 aliphatic carbocycles. The highest BCUT2D eigenvalue weighted by Gasteiger charge is 2.22. The number of benzene rings is 1. The number of hydrogen-bond acceptors (Lipinski definition) is 6. The van der Waals surface area contributed by atoms with Crippen LogP contribution in [0.25, 0.3) is 0 Å². The highest BCUT2D eigenvalue weighted by atomic mass is 16.6. The van der Waals surface area contributed by atoms with E-state index in [1.807, 2.05) is 0 Å². The molecule has 2 N–H and O–H groups in total. The van der Waals surface area contributed by atoms with Crippen molar-refractivity contribution in [1.29, 1.82) is 0 Å². The van der Waals surface area contributed by atoms with Crippen LogP contribution in [0.4, 0.5) is 5.69 Å². The maximum atomic E-state index is 12.2. The smallest absolute Gasteiger partial charge is 0.344 e. The normalized spacial score (nSPS) is 11.0. The minimum absolute atomic E-state index is 0.143. The molecule has 0 aliphatic heterocycles. The number of carbonyl (C=O) groups excluding carboxylic acids is 2. The first-order chi connectivity index (χ1) is 10.1. The zero-order valence-electron chi connectivity index (χ0n) is 13.7. The number of aryl methyl sites for hydroxylation is 1. The van der Waals surface area contributed by atoms with Crippen LogP contribution in [-0.2, 0) is 14.3 Å². The van der Waals surface area contributed by atoms with Crippen molar-refractivity contribution in [3.05, 3.63) is 23.3 Å². The zero-order chi connectivity index (χ0) is 16.9. The molecular formula is C16H23NO5. The standard InChI is InChI=1S/C16H23NO5/c1-6-20-13(18)9-21-12-8-10(2)7-11(14(12)17)15(19)22-16(3,4)5/h7-8H,6,9,17H2,1-5H3. The lowest BCUT2D eigenvalue weighted by molar-refractivity contribution is -0.145. The summed E-state index contributed by atoms with van der Waals surface area (Å²) >= 11 is 0. The first-order valence-electron chi connectivity index (χ1n) is 7.06. The van der Waals surface area contributed by atoms with Crippen molar-refractivity contribution in [2.45, 2.75) is 40.2 Å². The summed E-state index contributed by atoms with van der Waals surface area (Å²) in [6, 6.07) is 3.28. The lowest BCUT2D eigenvalue weighted by atomic mass is 10.1. The van der Waals surface area contributed by atoms with Gasteiger partial charge in [-0.25, -0.2) is 9.59 Å². The Bertz CT molecular complexity index is 560. The van der Waals surface area contributed by atoms with Gasteiger partial charge in [-0.15, -0.1) is 0 Å². The van der Waals surface area contributed by atoms with Gasteiger partial charge in [0.25, 0.3) is 0 Å². The molecule has 22 heavy (non-hydrogen) atoms. The number of rotatable bonds is 5. The third-order valence-electron chi connectivity index (χ3n) is 2.56. The fourth-order valence-electron chi connectivity index (χ4n) is 1.73. The van der Waals surface area contributed by atoms with Crippen molar-refractivity contribution in [2.75, 3.05) is 18.9 Å². The van der Waals surface area contributed by atoms with Gasteiger partial charge in [-0.05, 0) is 52.3 Å². The van der Waals surface area contributed by atoms with E-state index < -0.39 is 17.5 Å². The molecule has 1 rings (SSSR count). The average molecular weight is 309 g/mol. The van der Waals surface area contributed by atoms with Crippen LogP contribution in [0.1, 0.15) is 43.6 Å². The molecule has 0 atom stereocenters. The van der Waals surface area contributed by atoms with Crippen molar-refractivity contribution in [2.24, 2.45) is 0 Å². The predicted molar refractivity (Wildman–Crippen MR) is 82.9 cm³/mol. The molecule has 0 unspecified atom stereocenters. The van der Waals surface area contributed by atoms with E-state index in [0.717, 1.165) is 5.56 Å². The van der Waals surface area contributed by atoms with Gasteiger partial charge < -0.3 is 19.9 Å². The van der Waals surface area contributed by atoms with Crippen LogP contribution in [0.15, 0.2) is 12.1 Å². The molecule has 1 aromatic carbocycles. The lowest BCUT2D eigenvalue weighted by Crippen LogP contribution is -2.24. The van der Waals surface area contributed by atoms with Gasteiger partial charge in [0, 0.05) is 0 Å². The summed E-state index contributed by atoms with van der Waals surface area (Å²) in [5, 5.41) is 0. The van der Waals surface area contributed by atoms with Crippen LogP contribution in [0.5, 0.6) is 5.75 Å². The van der Waals surface area contributed by atoms with E-state index in [2.05, 4.69) is 0 Å². The Labute approximate surface area is 130 Å². The third-order valence-corrected chi connectivity index (χ3v) is 2.56. The minimum Gasteiger partial charge on any atom is -0.480 e. The molecule has 0 bridgehead atoms. The van der Waals surface area contributed by atoms with Gasteiger partial charge in [-0.2, -0.15) is 0 Å². The highest BCUT2D eigenvalue weighted by molar-refractivity contribution is 5.97. The maximum absolute atomic E-state index is 12.2. The van der Waals surface area contributed by atoms with E-state index in [1.165, 1.54) is 0 Å². The van der Waals surface area contributed by atoms with Crippen molar-refractivity contribution < 1.29 is 23.8 Å². The van der Waals surface area contributed by atoms with E-state index >= 15 is 0 Å². The topological polar surface area (TPSA) is 87.8 Å².